The van der Waals surface area contributed by atoms with Crippen LogP contribution in [0, 0.1) is 5.92 Å². The van der Waals surface area contributed by atoms with Crippen molar-refractivity contribution in [2.24, 2.45) is 5.92 Å². The Labute approximate surface area is 138 Å². The van der Waals surface area contributed by atoms with Crippen LogP contribution in [0.4, 0.5) is 4.79 Å². The lowest BCUT2D eigenvalue weighted by atomic mass is 10.1. The Morgan fingerprint density at radius 2 is 1.95 bits per heavy atom. The molecule has 0 aromatic rings. The van der Waals surface area contributed by atoms with Gasteiger partial charge in [-0.3, -0.25) is 0 Å². The number of nitrogens with one attached hydrogen (secondary N) is 1. The summed E-state index contributed by atoms with van der Waals surface area (Å²) in [7, 11) is 0. The fourth-order valence-electron chi connectivity index (χ4n) is 3.51. The van der Waals surface area contributed by atoms with Crippen LogP contribution in [-0.2, 0) is 4.74 Å². The smallest absolute Gasteiger partial charge is 0.317 e. The Morgan fingerprint density at radius 1 is 1.18 bits per heavy atom. The molecule has 5 heteroatoms. The summed E-state index contributed by atoms with van der Waals surface area (Å²) in [6.45, 7) is 4.85. The van der Waals surface area contributed by atoms with Gasteiger partial charge in [0.1, 0.15) is 0 Å². The number of piperidine rings is 1. The quantitative estimate of drug-likeness (QED) is 0.814. The summed E-state index contributed by atoms with van der Waals surface area (Å²) in [5.74, 6) is 2.01. The fourth-order valence-corrected chi connectivity index (χ4v) is 4.65. The van der Waals surface area contributed by atoms with Crippen LogP contribution >= 0.6 is 11.8 Å². The van der Waals surface area contributed by atoms with Crippen molar-refractivity contribution < 1.29 is 9.53 Å². The molecule has 126 valence electrons. The van der Waals surface area contributed by atoms with Crippen LogP contribution in [-0.4, -0.2) is 53.8 Å². The van der Waals surface area contributed by atoms with Gasteiger partial charge in [0.25, 0.3) is 0 Å². The van der Waals surface area contributed by atoms with Crippen LogP contribution in [0.5, 0.6) is 0 Å². The van der Waals surface area contributed by atoms with E-state index >= 15 is 0 Å². The molecule has 3 aliphatic rings. The standard InChI is InChI=1S/C17H30N2O2S/c1-2-22-16-6-5-14(11-16)18-17(20)19-9-7-15(8-10-19)21-12-13-3-4-13/h13-16H,2-12H2,1H3,(H,18,20)/t14-,16-/m1/s1. The number of carbonyl (C=O) groups excluding carboxylic acids is 1. The van der Waals surface area contributed by atoms with Gasteiger partial charge in [-0.25, -0.2) is 4.79 Å². The highest BCUT2D eigenvalue weighted by atomic mass is 32.2. The minimum absolute atomic E-state index is 0.146. The zero-order valence-corrected chi connectivity index (χ0v) is 14.6. The maximum Gasteiger partial charge on any atom is 0.317 e. The van der Waals surface area contributed by atoms with Crippen LogP contribution in [0.1, 0.15) is 51.9 Å². The minimum Gasteiger partial charge on any atom is -0.378 e. The van der Waals surface area contributed by atoms with E-state index in [1.54, 1.807) is 0 Å². The van der Waals surface area contributed by atoms with Crippen molar-refractivity contribution in [3.63, 3.8) is 0 Å². The van der Waals surface area contributed by atoms with Crippen LogP contribution in [0.25, 0.3) is 0 Å². The lowest BCUT2D eigenvalue weighted by Crippen LogP contribution is -2.48. The predicted octanol–water partition coefficient (Wildman–Crippen LogP) is 3.26. The number of hydrogen-bond acceptors (Lipinski definition) is 3. The van der Waals surface area contributed by atoms with Gasteiger partial charge >= 0.3 is 6.03 Å². The summed E-state index contributed by atoms with van der Waals surface area (Å²) in [6.07, 6.45) is 8.61. The van der Waals surface area contributed by atoms with Gasteiger partial charge in [0.05, 0.1) is 6.10 Å². The molecule has 2 saturated carbocycles. The van der Waals surface area contributed by atoms with Gasteiger partial charge in [-0.05, 0) is 56.6 Å². The number of likely N-dealkylation sites (tertiary alicyclic amines) is 1. The van der Waals surface area contributed by atoms with E-state index in [1.807, 2.05) is 16.7 Å². The van der Waals surface area contributed by atoms with Crippen molar-refractivity contribution in [3.05, 3.63) is 0 Å². The average Bonchev–Trinajstić information content (AvgIpc) is 3.26. The monoisotopic (exact) mass is 326 g/mol. The number of hydrogen-bond donors (Lipinski definition) is 1. The number of urea groups is 1. The second-order valence-corrected chi connectivity index (χ2v) is 8.58. The molecule has 22 heavy (non-hydrogen) atoms. The van der Waals surface area contributed by atoms with E-state index in [0.29, 0.717) is 12.1 Å². The first kappa shape index (κ1) is 16.4. The Kier molecular flexibility index (Phi) is 5.91. The summed E-state index contributed by atoms with van der Waals surface area (Å²) in [5, 5.41) is 3.99. The topological polar surface area (TPSA) is 41.6 Å². The van der Waals surface area contributed by atoms with Gasteiger partial charge in [-0.15, -0.1) is 0 Å². The molecule has 0 aromatic heterocycles. The van der Waals surface area contributed by atoms with E-state index in [-0.39, 0.29) is 6.03 Å². The maximum absolute atomic E-state index is 12.4. The molecule has 0 bridgehead atoms. The molecule has 0 radical (unpaired) electrons. The number of ether oxygens (including phenoxy) is 1. The van der Waals surface area contributed by atoms with Crippen LogP contribution in [0.15, 0.2) is 0 Å². The first-order valence-electron chi connectivity index (χ1n) is 9.03. The van der Waals surface area contributed by atoms with Crippen molar-refractivity contribution in [2.45, 2.75) is 69.3 Å². The van der Waals surface area contributed by atoms with E-state index in [4.69, 9.17) is 4.74 Å². The van der Waals surface area contributed by atoms with Crippen LogP contribution < -0.4 is 5.32 Å². The molecule has 0 spiro atoms. The Morgan fingerprint density at radius 3 is 2.64 bits per heavy atom. The van der Waals surface area contributed by atoms with Crippen molar-refractivity contribution in [3.8, 4) is 0 Å². The third-order valence-corrected chi connectivity index (χ3v) is 6.34. The molecule has 4 nitrogen and oxygen atoms in total. The van der Waals surface area contributed by atoms with Crippen LogP contribution in [0.2, 0.25) is 0 Å². The van der Waals surface area contributed by atoms with Crippen molar-refractivity contribution >= 4 is 17.8 Å². The third-order valence-electron chi connectivity index (χ3n) is 5.11. The number of nitrogens with zero attached hydrogens (tertiary/aromatic N) is 1. The summed E-state index contributed by atoms with van der Waals surface area (Å²) < 4.78 is 5.95. The molecule has 1 heterocycles. The lowest BCUT2D eigenvalue weighted by Gasteiger charge is -2.32. The number of amides is 2. The number of carbonyl (C=O) groups is 1. The van der Waals surface area contributed by atoms with E-state index in [9.17, 15) is 4.79 Å². The predicted molar refractivity (Wildman–Crippen MR) is 91.4 cm³/mol. The van der Waals surface area contributed by atoms with Gasteiger partial charge in [0, 0.05) is 31.0 Å². The van der Waals surface area contributed by atoms with E-state index in [0.717, 1.165) is 56.5 Å². The SMILES string of the molecule is CCS[C@@H]1CC[C@@H](NC(=O)N2CCC(OCC3CC3)CC2)C1. The normalized spacial score (nSPS) is 29.8. The highest BCUT2D eigenvalue weighted by Gasteiger charge is 2.30. The molecule has 2 aliphatic carbocycles. The minimum atomic E-state index is 0.146. The molecule has 1 aliphatic heterocycles. The molecule has 1 N–H and O–H groups in total. The Hall–Kier alpha value is -0.420. The lowest BCUT2D eigenvalue weighted by molar-refractivity contribution is 0.00931. The van der Waals surface area contributed by atoms with E-state index in [1.165, 1.54) is 25.0 Å². The largest absolute Gasteiger partial charge is 0.378 e. The van der Waals surface area contributed by atoms with E-state index in [2.05, 4.69) is 12.2 Å². The van der Waals surface area contributed by atoms with Crippen molar-refractivity contribution in [2.75, 3.05) is 25.4 Å². The van der Waals surface area contributed by atoms with Gasteiger partial charge < -0.3 is 15.0 Å². The summed E-state index contributed by atoms with van der Waals surface area (Å²) in [4.78, 5) is 14.4. The van der Waals surface area contributed by atoms with Gasteiger partial charge in [-0.1, -0.05) is 6.92 Å². The molecule has 3 fully saturated rings. The summed E-state index contributed by atoms with van der Waals surface area (Å²) in [6, 6.07) is 0.535. The van der Waals surface area contributed by atoms with Gasteiger partial charge in [0.15, 0.2) is 0 Å². The second kappa shape index (κ2) is 7.91. The molecule has 2 atom stereocenters. The zero-order chi connectivity index (χ0) is 15.4. The molecule has 1 saturated heterocycles. The highest BCUT2D eigenvalue weighted by molar-refractivity contribution is 7.99. The highest BCUT2D eigenvalue weighted by Crippen LogP contribution is 2.31. The molecule has 0 aromatic carbocycles. The molecular weight excluding hydrogens is 296 g/mol. The Balaban J connectivity index is 1.33. The zero-order valence-electron chi connectivity index (χ0n) is 13.8. The number of rotatable bonds is 6. The summed E-state index contributed by atoms with van der Waals surface area (Å²) in [5.41, 5.74) is 0. The maximum atomic E-state index is 12.4. The van der Waals surface area contributed by atoms with Gasteiger partial charge in [-0.2, -0.15) is 11.8 Å². The van der Waals surface area contributed by atoms with Crippen LogP contribution in [0.3, 0.4) is 0 Å². The van der Waals surface area contributed by atoms with Crippen molar-refractivity contribution in [1.29, 1.82) is 0 Å². The molecular formula is C17H30N2O2S. The third kappa shape index (κ3) is 4.79. The summed E-state index contributed by atoms with van der Waals surface area (Å²) >= 11 is 2.04. The first-order valence-corrected chi connectivity index (χ1v) is 10.1. The molecule has 3 rings (SSSR count). The average molecular weight is 327 g/mol. The first-order chi connectivity index (χ1) is 10.7. The Bertz CT molecular complexity index is 368. The number of thioether (sulfide) groups is 1. The van der Waals surface area contributed by atoms with E-state index < -0.39 is 0 Å². The van der Waals surface area contributed by atoms with Crippen molar-refractivity contribution in [1.82, 2.24) is 10.2 Å². The fraction of sp³-hybridized carbons (Fsp3) is 0.941. The molecule has 2 amide bonds. The van der Waals surface area contributed by atoms with Gasteiger partial charge in [0.2, 0.25) is 0 Å². The second-order valence-electron chi connectivity index (χ2n) is 7.00. The molecule has 0 unspecified atom stereocenters.